The van der Waals surface area contributed by atoms with Crippen molar-refractivity contribution in [3.63, 3.8) is 0 Å². The van der Waals surface area contributed by atoms with Crippen LogP contribution < -0.4 is 11.2 Å². The highest BCUT2D eigenvalue weighted by molar-refractivity contribution is 7.66. The number of aromatic nitrogens is 2. The van der Waals surface area contributed by atoms with Crippen molar-refractivity contribution in [3.8, 4) is 0 Å². The lowest BCUT2D eigenvalue weighted by atomic mass is 10.0. The Hall–Kier alpha value is -1.07. The van der Waals surface area contributed by atoms with Gasteiger partial charge in [0.1, 0.15) is 24.4 Å². The van der Waals surface area contributed by atoms with Gasteiger partial charge in [0.15, 0.2) is 0 Å². The van der Waals surface area contributed by atoms with Gasteiger partial charge in [-0.05, 0) is 0 Å². The molecule has 0 aliphatic carbocycles. The Balaban J connectivity index is 2.13. The zero-order valence-corrected chi connectivity index (χ0v) is 18.3. The van der Waals surface area contributed by atoms with Gasteiger partial charge in [0, 0.05) is 6.20 Å². The molecule has 0 radical (unpaired) electrons. The van der Waals surface area contributed by atoms with Crippen LogP contribution in [0.3, 0.4) is 0 Å². The van der Waals surface area contributed by atoms with E-state index in [1.807, 2.05) is 4.98 Å². The molecule has 2 unspecified atom stereocenters. The Morgan fingerprint density at radius 1 is 1.03 bits per heavy atom. The van der Waals surface area contributed by atoms with Gasteiger partial charge in [0.25, 0.3) is 5.56 Å². The molecule has 184 valence electrons. The number of nitrogens with zero attached hydrogens (tertiary/aromatic N) is 1. The topological polar surface area (TPSA) is 285 Å². The minimum Gasteiger partial charge on any atom is -0.395 e. The Labute approximate surface area is 177 Å². The first-order valence-electron chi connectivity index (χ1n) is 8.30. The maximum Gasteiger partial charge on any atom is 0.490 e. The van der Waals surface area contributed by atoms with E-state index in [1.54, 1.807) is 0 Å². The Bertz CT molecular complexity index is 1080. The van der Waals surface area contributed by atoms with Crippen molar-refractivity contribution in [1.82, 2.24) is 9.55 Å². The number of aliphatic hydroxyl groups excluding tert-OH is 3. The molecule has 32 heavy (non-hydrogen) atoms. The van der Waals surface area contributed by atoms with Gasteiger partial charge in [0.2, 0.25) is 0 Å². The van der Waals surface area contributed by atoms with Crippen molar-refractivity contribution >= 4 is 23.5 Å². The number of ether oxygens (including phenoxy) is 1. The predicted molar refractivity (Wildman–Crippen MR) is 97.9 cm³/mol. The van der Waals surface area contributed by atoms with Gasteiger partial charge in [-0.15, -0.1) is 0 Å². The zero-order chi connectivity index (χ0) is 24.5. The van der Waals surface area contributed by atoms with E-state index in [9.17, 15) is 38.4 Å². The highest BCUT2D eigenvalue weighted by Crippen LogP contribution is 2.66. The summed E-state index contributed by atoms with van der Waals surface area (Å²) in [7, 11) is -16.9. The van der Waals surface area contributed by atoms with Crippen LogP contribution in [0, 0.1) is 0 Å². The first kappa shape index (κ1) is 27.2. The molecular weight excluding hydrogens is 509 g/mol. The number of H-pyrrole nitrogens is 1. The van der Waals surface area contributed by atoms with Gasteiger partial charge in [-0.1, -0.05) is 0 Å². The van der Waals surface area contributed by atoms with E-state index in [-0.39, 0.29) is 12.1 Å². The molecule has 1 saturated heterocycles. The molecule has 0 spiro atoms. The lowest BCUT2D eigenvalue weighted by Crippen LogP contribution is -2.36. The lowest BCUT2D eigenvalue weighted by molar-refractivity contribution is -0.0228. The average Bonchev–Trinajstić information content (AvgIpc) is 2.87. The van der Waals surface area contributed by atoms with Crippen LogP contribution in [0.25, 0.3) is 0 Å². The Morgan fingerprint density at radius 3 is 2.22 bits per heavy atom. The summed E-state index contributed by atoms with van der Waals surface area (Å²) in [6.07, 6.45) is -5.84. The summed E-state index contributed by atoms with van der Waals surface area (Å²) < 4.78 is 51.1. The molecule has 1 aliphatic rings. The number of rotatable bonds is 10. The quantitative estimate of drug-likeness (QED) is 0.141. The van der Waals surface area contributed by atoms with Gasteiger partial charge in [0.05, 0.1) is 25.3 Å². The maximum absolute atomic E-state index is 12.1. The monoisotopic (exact) mass is 528 g/mol. The summed E-state index contributed by atoms with van der Waals surface area (Å²) >= 11 is 0. The second-order valence-corrected chi connectivity index (χ2v) is 10.6. The molecule has 21 heteroatoms. The van der Waals surface area contributed by atoms with Gasteiger partial charge in [-0.25, -0.2) is 18.5 Å². The van der Waals surface area contributed by atoms with Crippen molar-refractivity contribution in [1.29, 1.82) is 0 Å². The van der Waals surface area contributed by atoms with Crippen LogP contribution >= 0.6 is 23.5 Å². The lowest BCUT2D eigenvalue weighted by Gasteiger charge is -2.19. The fourth-order valence-electron chi connectivity index (χ4n) is 2.62. The number of aliphatic hydroxyl groups is 3. The fraction of sp³-hybridized carbons (Fsp3) is 0.636. The Kier molecular flexibility index (Phi) is 8.53. The molecule has 18 nitrogen and oxygen atoms in total. The number of phosphoric acid groups is 3. The predicted octanol–water partition coefficient (Wildman–Crippen LogP) is -2.97. The average molecular weight is 528 g/mol. The van der Waals surface area contributed by atoms with Crippen molar-refractivity contribution in [2.24, 2.45) is 0 Å². The van der Waals surface area contributed by atoms with Gasteiger partial charge in [-0.3, -0.25) is 18.9 Å². The van der Waals surface area contributed by atoms with Crippen LogP contribution in [-0.4, -0.2) is 76.0 Å². The van der Waals surface area contributed by atoms with E-state index >= 15 is 0 Å². The van der Waals surface area contributed by atoms with Crippen molar-refractivity contribution < 1.29 is 66.5 Å². The molecule has 8 N–H and O–H groups in total. The molecule has 1 aliphatic heterocycles. The number of hydrogen-bond acceptors (Lipinski definition) is 12. The molecule has 1 fully saturated rings. The second kappa shape index (κ2) is 10.0. The van der Waals surface area contributed by atoms with E-state index in [4.69, 9.17) is 24.5 Å². The van der Waals surface area contributed by atoms with E-state index in [2.05, 4.69) is 13.1 Å². The zero-order valence-electron chi connectivity index (χ0n) is 15.6. The summed E-state index contributed by atoms with van der Waals surface area (Å²) in [5.41, 5.74) is -2.20. The van der Waals surface area contributed by atoms with Crippen LogP contribution in [0.5, 0.6) is 0 Å². The summed E-state index contributed by atoms with van der Waals surface area (Å²) in [5, 5.41) is 29.2. The van der Waals surface area contributed by atoms with E-state index in [0.29, 0.717) is 0 Å². The third-order valence-corrected chi connectivity index (χ3v) is 7.67. The van der Waals surface area contributed by atoms with E-state index < -0.39 is 72.3 Å². The minimum absolute atomic E-state index is 0.219. The Morgan fingerprint density at radius 2 is 1.66 bits per heavy atom. The number of aromatic amines is 1. The van der Waals surface area contributed by atoms with Crippen LogP contribution in [0.15, 0.2) is 15.8 Å². The van der Waals surface area contributed by atoms with Crippen LogP contribution in [0.4, 0.5) is 0 Å². The maximum atomic E-state index is 12.1. The summed E-state index contributed by atoms with van der Waals surface area (Å²) in [4.78, 5) is 61.1. The molecular formula is C11H19N2O16P3. The van der Waals surface area contributed by atoms with Crippen molar-refractivity contribution in [2.75, 3.05) is 13.2 Å². The molecule has 0 saturated carbocycles. The minimum atomic E-state index is -5.76. The SMILES string of the molecule is O=c1[nH]c(=O)n(CCO)cc1[C@@H]1O[C@H](COP(=O)(O)OP(=O)(O)OP(=O)(O)O)[C@@H](O)[C@H]1O. The summed E-state index contributed by atoms with van der Waals surface area (Å²) in [6.45, 7) is -1.76. The highest BCUT2D eigenvalue weighted by Gasteiger charge is 2.47. The van der Waals surface area contributed by atoms with Crippen molar-refractivity contribution in [2.45, 2.75) is 31.0 Å². The molecule has 0 aromatic carbocycles. The van der Waals surface area contributed by atoms with E-state index in [1.165, 1.54) is 0 Å². The summed E-state index contributed by atoms with van der Waals surface area (Å²) in [6, 6.07) is 0. The second-order valence-electron chi connectivity index (χ2n) is 6.22. The molecule has 1 aromatic heterocycles. The summed E-state index contributed by atoms with van der Waals surface area (Å²) in [5.74, 6) is 0. The normalized spacial score (nSPS) is 27.7. The molecule has 2 heterocycles. The molecule has 1 aromatic rings. The number of phosphoric ester groups is 1. The number of hydrogen-bond donors (Lipinski definition) is 8. The first-order chi connectivity index (χ1) is 14.6. The van der Waals surface area contributed by atoms with Crippen LogP contribution in [-0.2, 0) is 38.1 Å². The van der Waals surface area contributed by atoms with E-state index in [0.717, 1.165) is 10.8 Å². The van der Waals surface area contributed by atoms with Crippen LogP contribution in [0.1, 0.15) is 11.7 Å². The number of nitrogens with one attached hydrogen (secondary N) is 1. The van der Waals surface area contributed by atoms with Crippen molar-refractivity contribution in [3.05, 3.63) is 32.6 Å². The molecule has 2 rings (SSSR count). The molecule has 6 atom stereocenters. The molecule has 0 bridgehead atoms. The largest absolute Gasteiger partial charge is 0.490 e. The first-order valence-corrected chi connectivity index (χ1v) is 12.8. The van der Waals surface area contributed by atoms with Gasteiger partial charge >= 0.3 is 29.2 Å². The van der Waals surface area contributed by atoms with Gasteiger partial charge < -0.3 is 39.6 Å². The third kappa shape index (κ3) is 7.21. The standard InChI is InChI=1S/C11H19N2O16P3/c14-2-1-13-3-5(10(17)12-11(13)18)9-8(16)7(15)6(27-9)4-26-31(22,23)29-32(24,25)28-30(19,20)21/h3,6-9,14-16H,1-2,4H2,(H,22,23)(H,24,25)(H,12,17,18)(H2,19,20,21)/t6-,7-,8-,9+/m1/s1. The third-order valence-electron chi connectivity index (χ3n) is 3.87. The smallest absolute Gasteiger partial charge is 0.395 e. The fourth-order valence-corrected chi connectivity index (χ4v) is 5.65. The molecule has 0 amide bonds. The van der Waals surface area contributed by atoms with Crippen LogP contribution in [0.2, 0.25) is 0 Å². The van der Waals surface area contributed by atoms with Gasteiger partial charge in [-0.2, -0.15) is 8.62 Å². The highest BCUT2D eigenvalue weighted by atomic mass is 31.3.